The first-order valence-electron chi connectivity index (χ1n) is 6.76. The van der Waals surface area contributed by atoms with Crippen LogP contribution in [-0.2, 0) is 23.7 Å². The molecule has 0 bridgehead atoms. The molecule has 1 fully saturated rings. The number of esters is 1. The first kappa shape index (κ1) is 17.3. The summed E-state index contributed by atoms with van der Waals surface area (Å²) in [5.74, 6) is -0.342. The van der Waals surface area contributed by atoms with E-state index in [-0.39, 0.29) is 18.7 Å². The third kappa shape index (κ3) is 5.72. The summed E-state index contributed by atoms with van der Waals surface area (Å²) in [5.41, 5.74) is 0. The fourth-order valence-electron chi connectivity index (χ4n) is 2.09. The Morgan fingerprint density at radius 2 is 2.20 bits per heavy atom. The standard InChI is InChI=1S/C13H25NO6/c1-10(7-17-2)20-8-11(15)6-14-4-5-19-9-12(14)13(16)18-3/h10-12,15H,4-9H2,1-3H3. The van der Waals surface area contributed by atoms with E-state index in [9.17, 15) is 9.90 Å². The van der Waals surface area contributed by atoms with E-state index in [1.807, 2.05) is 11.8 Å². The molecule has 7 nitrogen and oxygen atoms in total. The quantitative estimate of drug-likeness (QED) is 0.591. The van der Waals surface area contributed by atoms with Crippen molar-refractivity contribution in [1.29, 1.82) is 0 Å². The molecule has 3 unspecified atom stereocenters. The van der Waals surface area contributed by atoms with Crippen LogP contribution in [0.15, 0.2) is 0 Å². The van der Waals surface area contributed by atoms with Crippen molar-refractivity contribution in [3.8, 4) is 0 Å². The monoisotopic (exact) mass is 291 g/mol. The summed E-state index contributed by atoms with van der Waals surface area (Å²) < 4.78 is 20.4. The van der Waals surface area contributed by atoms with E-state index in [0.717, 1.165) is 0 Å². The second-order valence-electron chi connectivity index (χ2n) is 4.86. The number of rotatable bonds is 8. The van der Waals surface area contributed by atoms with E-state index < -0.39 is 12.1 Å². The zero-order valence-electron chi connectivity index (χ0n) is 12.4. The second kappa shape index (κ2) is 9.25. The largest absolute Gasteiger partial charge is 0.468 e. The molecular weight excluding hydrogens is 266 g/mol. The molecule has 3 atom stereocenters. The average molecular weight is 291 g/mol. The maximum atomic E-state index is 11.6. The van der Waals surface area contributed by atoms with Crippen LogP contribution < -0.4 is 0 Å². The number of methoxy groups -OCH3 is 2. The molecule has 0 aromatic rings. The van der Waals surface area contributed by atoms with Gasteiger partial charge in [-0.1, -0.05) is 0 Å². The summed E-state index contributed by atoms with van der Waals surface area (Å²) in [5, 5.41) is 9.99. The fourth-order valence-corrected chi connectivity index (χ4v) is 2.09. The zero-order chi connectivity index (χ0) is 15.0. The van der Waals surface area contributed by atoms with Crippen molar-refractivity contribution >= 4 is 5.97 Å². The average Bonchev–Trinajstić information content (AvgIpc) is 2.45. The lowest BCUT2D eigenvalue weighted by atomic mass is 10.2. The van der Waals surface area contributed by atoms with E-state index in [0.29, 0.717) is 32.9 Å². The molecule has 0 spiro atoms. The lowest BCUT2D eigenvalue weighted by Gasteiger charge is -2.34. The van der Waals surface area contributed by atoms with Crippen LogP contribution in [0, 0.1) is 0 Å². The first-order valence-corrected chi connectivity index (χ1v) is 6.76. The topological polar surface area (TPSA) is 77.5 Å². The van der Waals surface area contributed by atoms with Crippen molar-refractivity contribution < 1.29 is 28.8 Å². The number of carbonyl (C=O) groups excluding carboxylic acids is 1. The SMILES string of the molecule is COCC(C)OCC(O)CN1CCOCC1C(=O)OC. The number of β-amino-alcohol motifs (C(OH)–C–C–N with tert-alkyl or cyclic N) is 1. The number of aliphatic hydroxyl groups is 1. The van der Waals surface area contributed by atoms with Gasteiger partial charge in [-0.15, -0.1) is 0 Å². The normalized spacial score (nSPS) is 23.3. The van der Waals surface area contributed by atoms with Crippen LogP contribution in [0.2, 0.25) is 0 Å². The Kier molecular flexibility index (Phi) is 8.01. The second-order valence-corrected chi connectivity index (χ2v) is 4.86. The van der Waals surface area contributed by atoms with Crippen LogP contribution >= 0.6 is 0 Å². The van der Waals surface area contributed by atoms with Gasteiger partial charge < -0.3 is 24.1 Å². The van der Waals surface area contributed by atoms with Gasteiger partial charge in [-0.05, 0) is 6.92 Å². The maximum absolute atomic E-state index is 11.6. The van der Waals surface area contributed by atoms with Gasteiger partial charge in [0.2, 0.25) is 0 Å². The highest BCUT2D eigenvalue weighted by atomic mass is 16.5. The Hall–Kier alpha value is -0.730. The summed E-state index contributed by atoms with van der Waals surface area (Å²) in [6.07, 6.45) is -0.740. The number of aliphatic hydroxyl groups excluding tert-OH is 1. The Bertz CT molecular complexity index is 288. The van der Waals surface area contributed by atoms with Crippen molar-refractivity contribution in [2.24, 2.45) is 0 Å². The number of hydrogen-bond acceptors (Lipinski definition) is 7. The molecule has 118 valence electrons. The van der Waals surface area contributed by atoms with Crippen LogP contribution in [0.5, 0.6) is 0 Å². The Balaban J connectivity index is 2.37. The molecule has 0 aliphatic carbocycles. The highest BCUT2D eigenvalue weighted by molar-refractivity contribution is 5.75. The summed E-state index contributed by atoms with van der Waals surface area (Å²) in [6.45, 7) is 4.34. The molecular formula is C13H25NO6. The van der Waals surface area contributed by atoms with E-state index in [4.69, 9.17) is 18.9 Å². The molecule has 20 heavy (non-hydrogen) atoms. The number of nitrogens with zero attached hydrogens (tertiary/aromatic N) is 1. The predicted octanol–water partition coefficient (Wildman–Crippen LogP) is -0.727. The van der Waals surface area contributed by atoms with Gasteiger partial charge >= 0.3 is 5.97 Å². The Labute approximate surface area is 119 Å². The van der Waals surface area contributed by atoms with Crippen LogP contribution in [0.4, 0.5) is 0 Å². The summed E-state index contributed by atoms with van der Waals surface area (Å²) in [4.78, 5) is 13.5. The molecule has 0 saturated carbocycles. The minimum Gasteiger partial charge on any atom is -0.468 e. The van der Waals surface area contributed by atoms with Gasteiger partial charge in [-0.2, -0.15) is 0 Å². The van der Waals surface area contributed by atoms with Gasteiger partial charge in [0.15, 0.2) is 0 Å². The van der Waals surface area contributed by atoms with E-state index in [1.54, 1.807) is 7.11 Å². The maximum Gasteiger partial charge on any atom is 0.325 e. The Morgan fingerprint density at radius 3 is 2.85 bits per heavy atom. The molecule has 7 heteroatoms. The van der Waals surface area contributed by atoms with E-state index in [2.05, 4.69) is 0 Å². The molecule has 0 aromatic heterocycles. The van der Waals surface area contributed by atoms with Crippen molar-refractivity contribution in [3.63, 3.8) is 0 Å². The van der Waals surface area contributed by atoms with Gasteiger partial charge in [-0.25, -0.2) is 0 Å². The number of morpholine rings is 1. The number of carbonyl (C=O) groups is 1. The molecule has 1 N–H and O–H groups in total. The molecule has 0 amide bonds. The van der Waals surface area contributed by atoms with E-state index in [1.165, 1.54) is 7.11 Å². The molecule has 1 aliphatic rings. The third-order valence-corrected chi connectivity index (χ3v) is 3.13. The highest BCUT2D eigenvalue weighted by Crippen LogP contribution is 2.09. The summed E-state index contributed by atoms with van der Waals surface area (Å²) >= 11 is 0. The molecule has 1 rings (SSSR count). The summed E-state index contributed by atoms with van der Waals surface area (Å²) in [6, 6.07) is -0.459. The van der Waals surface area contributed by atoms with Crippen molar-refractivity contribution in [2.45, 2.75) is 25.2 Å². The van der Waals surface area contributed by atoms with Gasteiger partial charge in [0, 0.05) is 20.2 Å². The lowest BCUT2D eigenvalue weighted by Crippen LogP contribution is -2.53. The van der Waals surface area contributed by atoms with Crippen LogP contribution in [0.25, 0.3) is 0 Å². The van der Waals surface area contributed by atoms with Crippen LogP contribution in [0.3, 0.4) is 0 Å². The van der Waals surface area contributed by atoms with Gasteiger partial charge in [0.25, 0.3) is 0 Å². The smallest absolute Gasteiger partial charge is 0.325 e. The predicted molar refractivity (Wildman–Crippen MR) is 71.5 cm³/mol. The zero-order valence-corrected chi connectivity index (χ0v) is 12.4. The summed E-state index contributed by atoms with van der Waals surface area (Å²) in [7, 11) is 2.95. The Morgan fingerprint density at radius 1 is 1.45 bits per heavy atom. The minimum atomic E-state index is -0.667. The first-order chi connectivity index (χ1) is 9.58. The number of hydrogen-bond donors (Lipinski definition) is 1. The van der Waals surface area contributed by atoms with Gasteiger partial charge in [-0.3, -0.25) is 9.69 Å². The van der Waals surface area contributed by atoms with E-state index >= 15 is 0 Å². The van der Waals surface area contributed by atoms with Crippen molar-refractivity contribution in [1.82, 2.24) is 4.90 Å². The van der Waals surface area contributed by atoms with Crippen molar-refractivity contribution in [3.05, 3.63) is 0 Å². The molecule has 1 saturated heterocycles. The fraction of sp³-hybridized carbons (Fsp3) is 0.923. The van der Waals surface area contributed by atoms with Crippen LogP contribution in [-0.4, -0.2) is 88.0 Å². The van der Waals surface area contributed by atoms with Gasteiger partial charge in [0.1, 0.15) is 6.04 Å². The van der Waals surface area contributed by atoms with Crippen LogP contribution in [0.1, 0.15) is 6.92 Å². The molecule has 1 heterocycles. The molecule has 0 radical (unpaired) electrons. The molecule has 1 aliphatic heterocycles. The van der Waals surface area contributed by atoms with Crippen molar-refractivity contribution in [2.75, 3.05) is 53.7 Å². The number of ether oxygens (including phenoxy) is 4. The van der Waals surface area contributed by atoms with Gasteiger partial charge in [0.05, 0.1) is 45.7 Å². The highest BCUT2D eigenvalue weighted by Gasteiger charge is 2.31. The minimum absolute atomic E-state index is 0.0734. The lowest BCUT2D eigenvalue weighted by molar-refractivity contribution is -0.154. The molecule has 0 aromatic carbocycles. The third-order valence-electron chi connectivity index (χ3n) is 3.13.